The molecule has 0 bridgehead atoms. The molecule has 172 valence electrons. The summed E-state index contributed by atoms with van der Waals surface area (Å²) in [7, 11) is -3.78. The van der Waals surface area contributed by atoms with E-state index >= 15 is 0 Å². The first-order valence-corrected chi connectivity index (χ1v) is 12.7. The minimum absolute atomic E-state index is 0.0447. The lowest BCUT2D eigenvalue weighted by molar-refractivity contribution is 0.00382. The molecule has 0 saturated heterocycles. The molecule has 2 atom stereocenters. The van der Waals surface area contributed by atoms with Crippen molar-refractivity contribution in [1.82, 2.24) is 0 Å². The number of aryl methyl sites for hydroxylation is 1. The molecule has 2 aliphatic rings. The maximum Gasteiger partial charge on any atom is 0.296 e. The molecular weight excluding hydrogens is 488 g/mol. The van der Waals surface area contributed by atoms with Crippen LogP contribution in [0.1, 0.15) is 56.9 Å². The van der Waals surface area contributed by atoms with Gasteiger partial charge < -0.3 is 0 Å². The van der Waals surface area contributed by atoms with Gasteiger partial charge in [-0.05, 0) is 56.6 Å². The Kier molecular flexibility index (Phi) is 9.18. The molecule has 3 rings (SSSR count). The predicted molar refractivity (Wildman–Crippen MR) is 112 cm³/mol. The molecule has 2 unspecified atom stereocenters. The van der Waals surface area contributed by atoms with Gasteiger partial charge in [0, 0.05) is 31.0 Å². The molecule has 2 saturated carbocycles. The predicted octanol–water partition coefficient (Wildman–Crippen LogP) is 6.73. The van der Waals surface area contributed by atoms with Gasteiger partial charge in [0.05, 0.1) is 11.5 Å². The maximum absolute atomic E-state index is 13.0. The summed E-state index contributed by atoms with van der Waals surface area (Å²) in [6.45, 7) is 1.81. The molecule has 0 spiro atoms. The van der Waals surface area contributed by atoms with Crippen molar-refractivity contribution in [3.63, 3.8) is 0 Å². The van der Waals surface area contributed by atoms with Crippen molar-refractivity contribution in [2.24, 2.45) is 11.8 Å². The van der Waals surface area contributed by atoms with E-state index in [0.717, 1.165) is 17.3 Å². The third-order valence-electron chi connectivity index (χ3n) is 5.60. The van der Waals surface area contributed by atoms with Crippen LogP contribution in [-0.2, 0) is 14.3 Å². The molecule has 0 amide bonds. The van der Waals surface area contributed by atoms with E-state index < -0.39 is 22.0 Å². The Morgan fingerprint density at radius 3 is 1.90 bits per heavy atom. The van der Waals surface area contributed by atoms with Gasteiger partial charge in [0.15, 0.2) is 0 Å². The molecule has 1 aromatic carbocycles. The Labute approximate surface area is 184 Å². The van der Waals surface area contributed by atoms with Crippen molar-refractivity contribution >= 4 is 26.0 Å². The van der Waals surface area contributed by atoms with Crippen LogP contribution in [-0.4, -0.2) is 32.2 Å². The lowest BCUT2D eigenvalue weighted by atomic mass is 10.1. The van der Waals surface area contributed by atoms with Crippen LogP contribution < -0.4 is 0 Å². The van der Waals surface area contributed by atoms with Gasteiger partial charge in [0.25, 0.3) is 10.1 Å². The zero-order chi connectivity index (χ0) is 22.4. The van der Waals surface area contributed by atoms with E-state index in [1.165, 1.54) is 12.1 Å². The van der Waals surface area contributed by atoms with Crippen LogP contribution in [0.3, 0.4) is 0 Å². The largest absolute Gasteiger partial charge is 0.296 e. The van der Waals surface area contributed by atoms with Crippen molar-refractivity contribution in [2.75, 3.05) is 11.9 Å². The molecule has 9 heteroatoms. The number of hydrogen-bond acceptors (Lipinski definition) is 3. The molecule has 0 aliphatic heterocycles. The molecule has 0 radical (unpaired) electrons. The van der Waals surface area contributed by atoms with Crippen LogP contribution in [0, 0.1) is 18.8 Å². The van der Waals surface area contributed by atoms with Gasteiger partial charge in [-0.1, -0.05) is 33.6 Å². The summed E-state index contributed by atoms with van der Waals surface area (Å²) >= 11 is 3.25. The highest BCUT2D eigenvalue weighted by Gasteiger charge is 2.39. The zero-order valence-corrected chi connectivity index (χ0v) is 19.5. The summed E-state index contributed by atoms with van der Waals surface area (Å²) in [4.78, 5) is 0.0971. The topological polar surface area (TPSA) is 43.4 Å². The van der Waals surface area contributed by atoms with Crippen molar-refractivity contribution in [2.45, 2.75) is 75.0 Å². The second-order valence-electron chi connectivity index (χ2n) is 8.29. The van der Waals surface area contributed by atoms with Gasteiger partial charge in [-0.15, -0.1) is 0 Å². The highest BCUT2D eigenvalue weighted by molar-refractivity contribution is 9.09. The van der Waals surface area contributed by atoms with Crippen molar-refractivity contribution < 1.29 is 30.2 Å². The maximum atomic E-state index is 13.0. The van der Waals surface area contributed by atoms with Gasteiger partial charge in [-0.25, -0.2) is 17.6 Å². The second-order valence-corrected chi connectivity index (χ2v) is 10.7. The average molecular weight is 517 g/mol. The van der Waals surface area contributed by atoms with E-state index in [2.05, 4.69) is 15.9 Å². The summed E-state index contributed by atoms with van der Waals surface area (Å²) in [5.74, 6) is -4.85. The Bertz CT molecular complexity index is 769. The molecule has 1 aromatic rings. The monoisotopic (exact) mass is 516 g/mol. The van der Waals surface area contributed by atoms with E-state index in [4.69, 9.17) is 4.18 Å². The van der Waals surface area contributed by atoms with Crippen LogP contribution in [0.2, 0.25) is 0 Å². The first-order chi connectivity index (χ1) is 13.9. The Balaban J connectivity index is 0.000000269. The minimum Gasteiger partial charge on any atom is -0.266 e. The van der Waals surface area contributed by atoms with Gasteiger partial charge in [0.1, 0.15) is 0 Å². The quantitative estimate of drug-likeness (QED) is 0.229. The summed E-state index contributed by atoms with van der Waals surface area (Å²) in [6, 6.07) is 6.34. The highest BCUT2D eigenvalue weighted by Crippen LogP contribution is 2.41. The molecule has 0 N–H and O–H groups in total. The number of alkyl halides is 5. The summed E-state index contributed by atoms with van der Waals surface area (Å²) < 4.78 is 79.7. The smallest absolute Gasteiger partial charge is 0.266 e. The van der Waals surface area contributed by atoms with Gasteiger partial charge in [0.2, 0.25) is 11.8 Å². The molecule has 30 heavy (non-hydrogen) atoms. The molecule has 2 aliphatic carbocycles. The van der Waals surface area contributed by atoms with E-state index in [1.54, 1.807) is 12.1 Å². The molecule has 2 fully saturated rings. The Hall–Kier alpha value is -0.670. The van der Waals surface area contributed by atoms with Crippen LogP contribution >= 0.6 is 15.9 Å². The number of hydrogen-bond donors (Lipinski definition) is 0. The van der Waals surface area contributed by atoms with Crippen molar-refractivity contribution in [3.8, 4) is 0 Å². The summed E-state index contributed by atoms with van der Waals surface area (Å²) in [5, 5.41) is 0.855. The van der Waals surface area contributed by atoms with E-state index in [9.17, 15) is 26.0 Å². The van der Waals surface area contributed by atoms with E-state index in [-0.39, 0.29) is 49.0 Å². The normalized spacial score (nSPS) is 25.0. The van der Waals surface area contributed by atoms with Gasteiger partial charge in [-0.3, -0.25) is 4.18 Å². The minimum atomic E-state index is -3.78. The Morgan fingerprint density at radius 1 is 0.967 bits per heavy atom. The van der Waals surface area contributed by atoms with Crippen LogP contribution in [0.5, 0.6) is 0 Å². The third-order valence-corrected chi connectivity index (χ3v) is 7.39. The summed E-state index contributed by atoms with van der Waals surface area (Å²) in [5.41, 5.74) is 0.956. The fourth-order valence-corrected chi connectivity index (χ4v) is 5.40. The molecule has 3 nitrogen and oxygen atoms in total. The van der Waals surface area contributed by atoms with Gasteiger partial charge in [-0.2, -0.15) is 8.42 Å². The Morgan fingerprint density at radius 2 is 1.47 bits per heavy atom. The first-order valence-electron chi connectivity index (χ1n) is 10.2. The molecule has 0 aromatic heterocycles. The highest BCUT2D eigenvalue weighted by atomic mass is 79.9. The number of benzene rings is 1. The zero-order valence-electron chi connectivity index (χ0n) is 17.1. The number of rotatable bonds is 7. The van der Waals surface area contributed by atoms with Crippen LogP contribution in [0.25, 0.3) is 0 Å². The first kappa shape index (κ1) is 25.6. The SMILES string of the molecule is Cc1ccc(S(=O)(=O)OCCC2CCC(F)(F)C2)cc1.FC1(F)CCC(CCBr)C1. The fourth-order valence-electron chi connectivity index (χ4n) is 3.83. The standard InChI is InChI=1S/C14H18F2O3S.C7H11BrF2/c1-11-2-4-13(5-3-11)20(17,18)19-9-7-12-6-8-14(15,16)10-12;8-4-2-6-1-3-7(9,10)5-6/h2-5,12H,6-10H2,1H3;6H,1-5H2. The van der Waals surface area contributed by atoms with Gasteiger partial charge >= 0.3 is 0 Å². The van der Waals surface area contributed by atoms with E-state index in [1.807, 2.05) is 6.92 Å². The lowest BCUT2D eigenvalue weighted by Crippen LogP contribution is -2.12. The summed E-state index contributed by atoms with van der Waals surface area (Å²) in [6.07, 6.45) is 2.32. The van der Waals surface area contributed by atoms with Crippen LogP contribution in [0.4, 0.5) is 17.6 Å². The van der Waals surface area contributed by atoms with E-state index in [0.29, 0.717) is 19.3 Å². The lowest BCUT2D eigenvalue weighted by Gasteiger charge is -2.11. The number of halogens is 5. The van der Waals surface area contributed by atoms with Crippen molar-refractivity contribution in [3.05, 3.63) is 29.8 Å². The second kappa shape index (κ2) is 10.8. The third kappa shape index (κ3) is 8.46. The van der Waals surface area contributed by atoms with Crippen molar-refractivity contribution in [1.29, 1.82) is 0 Å². The molecular formula is C21H29BrF4O3S. The average Bonchev–Trinajstić information content (AvgIpc) is 3.17. The fraction of sp³-hybridized carbons (Fsp3) is 0.714. The molecule has 0 heterocycles. The van der Waals surface area contributed by atoms with Crippen LogP contribution in [0.15, 0.2) is 29.2 Å².